The minimum absolute atomic E-state index is 0.412. The minimum atomic E-state index is -1.13. The van der Waals surface area contributed by atoms with Gasteiger partial charge >= 0.3 is 0 Å². The van der Waals surface area contributed by atoms with Gasteiger partial charge in [-0.05, 0) is 52.7 Å². The number of hydrogen-bond acceptors (Lipinski definition) is 3. The van der Waals surface area contributed by atoms with Crippen molar-refractivity contribution in [3.8, 4) is 0 Å². The predicted molar refractivity (Wildman–Crippen MR) is 77.6 cm³/mol. The van der Waals surface area contributed by atoms with Crippen LogP contribution in [0, 0.1) is 6.92 Å². The number of aryl methyl sites for hydroxylation is 1. The number of aromatic nitrogens is 1. The van der Waals surface area contributed by atoms with Crippen molar-refractivity contribution in [1.29, 1.82) is 0 Å². The van der Waals surface area contributed by atoms with Crippen LogP contribution in [0.1, 0.15) is 11.3 Å². The van der Waals surface area contributed by atoms with Gasteiger partial charge in [0.05, 0.1) is 27.1 Å². The highest BCUT2D eigenvalue weighted by atomic mass is 79.9. The molecule has 1 aromatic heterocycles. The number of nitrogens with two attached hydrogens (primary N) is 1. The van der Waals surface area contributed by atoms with Crippen molar-refractivity contribution >= 4 is 32.4 Å². The Hall–Kier alpha value is -1.20. The topological polar surface area (TPSA) is 56.0 Å². The first-order chi connectivity index (χ1) is 8.58. The molecule has 0 aliphatic carbocycles. The fourth-order valence-corrected chi connectivity index (χ4v) is 3.71. The molecule has 2 rings (SSSR count). The summed E-state index contributed by atoms with van der Waals surface area (Å²) in [7, 11) is -1.13. The zero-order valence-electron chi connectivity index (χ0n) is 9.89. The van der Waals surface area contributed by atoms with Crippen molar-refractivity contribution in [2.24, 2.45) is 0 Å². The molecular formula is C13H13BrN2OS. The van der Waals surface area contributed by atoms with Crippen molar-refractivity contribution < 1.29 is 4.21 Å². The van der Waals surface area contributed by atoms with Crippen LogP contribution < -0.4 is 5.73 Å². The lowest BCUT2D eigenvalue weighted by Gasteiger charge is -2.07. The largest absolute Gasteiger partial charge is 0.399 e. The molecule has 0 saturated carbocycles. The van der Waals surface area contributed by atoms with Crippen LogP contribution in [0.5, 0.6) is 0 Å². The number of hydrogen-bond donors (Lipinski definition) is 1. The lowest BCUT2D eigenvalue weighted by molar-refractivity contribution is 0.681. The number of nitrogen functional groups attached to an aromatic ring is 1. The molecule has 1 aromatic carbocycles. The molecule has 1 unspecified atom stereocenters. The van der Waals surface area contributed by atoms with Crippen LogP contribution in [0.15, 0.2) is 45.9 Å². The highest BCUT2D eigenvalue weighted by Gasteiger charge is 2.11. The molecule has 0 amide bonds. The van der Waals surface area contributed by atoms with Crippen LogP contribution in [0.2, 0.25) is 0 Å². The van der Waals surface area contributed by atoms with Crippen LogP contribution in [-0.2, 0) is 16.6 Å². The summed E-state index contributed by atoms with van der Waals surface area (Å²) in [4.78, 5) is 5.00. The number of halogens is 1. The van der Waals surface area contributed by atoms with E-state index in [2.05, 4.69) is 20.9 Å². The van der Waals surface area contributed by atoms with E-state index in [1.165, 1.54) is 0 Å². The number of rotatable bonds is 3. The summed E-state index contributed by atoms with van der Waals surface area (Å²) in [5.74, 6) is 0.412. The van der Waals surface area contributed by atoms with Gasteiger partial charge in [-0.3, -0.25) is 9.19 Å². The fraction of sp³-hybridized carbons (Fsp3) is 0.154. The lowest BCUT2D eigenvalue weighted by atomic mass is 10.2. The van der Waals surface area contributed by atoms with Gasteiger partial charge in [0.15, 0.2) is 0 Å². The van der Waals surface area contributed by atoms with Gasteiger partial charge in [0.1, 0.15) is 0 Å². The van der Waals surface area contributed by atoms with Crippen molar-refractivity contribution in [3.63, 3.8) is 0 Å². The standard InChI is InChI=1S/C13H13BrN2OS/c1-9-3-2-6-16-12(9)8-18(17)13-5-4-10(15)7-11(13)14/h2-7H,8,15H2,1H3. The van der Waals surface area contributed by atoms with E-state index in [-0.39, 0.29) is 0 Å². The third-order valence-electron chi connectivity index (χ3n) is 2.59. The molecule has 0 fully saturated rings. The highest BCUT2D eigenvalue weighted by molar-refractivity contribution is 9.10. The zero-order valence-corrected chi connectivity index (χ0v) is 12.3. The van der Waals surface area contributed by atoms with Gasteiger partial charge in [-0.2, -0.15) is 0 Å². The molecule has 3 nitrogen and oxygen atoms in total. The van der Waals surface area contributed by atoms with Gasteiger partial charge in [0, 0.05) is 16.4 Å². The summed E-state index contributed by atoms with van der Waals surface area (Å²) in [5.41, 5.74) is 8.23. The lowest BCUT2D eigenvalue weighted by Crippen LogP contribution is -2.02. The van der Waals surface area contributed by atoms with E-state index >= 15 is 0 Å². The van der Waals surface area contributed by atoms with E-state index in [4.69, 9.17) is 5.73 Å². The Balaban J connectivity index is 2.25. The molecule has 0 saturated heterocycles. The van der Waals surface area contributed by atoms with Crippen molar-refractivity contribution in [2.45, 2.75) is 17.6 Å². The van der Waals surface area contributed by atoms with Gasteiger partial charge in [0.25, 0.3) is 0 Å². The fourth-order valence-electron chi connectivity index (χ4n) is 1.57. The third kappa shape index (κ3) is 2.97. The molecule has 0 spiro atoms. The molecular weight excluding hydrogens is 312 g/mol. The van der Waals surface area contributed by atoms with Gasteiger partial charge in [0.2, 0.25) is 0 Å². The first-order valence-corrected chi connectivity index (χ1v) is 7.53. The average molecular weight is 325 g/mol. The quantitative estimate of drug-likeness (QED) is 0.883. The average Bonchev–Trinajstić information content (AvgIpc) is 2.32. The number of benzene rings is 1. The van der Waals surface area contributed by atoms with Gasteiger partial charge < -0.3 is 5.73 Å². The second-order valence-corrected chi connectivity index (χ2v) is 6.22. The molecule has 0 aliphatic heterocycles. The molecule has 94 valence electrons. The molecule has 0 bridgehead atoms. The summed E-state index contributed by atoms with van der Waals surface area (Å²) >= 11 is 3.39. The van der Waals surface area contributed by atoms with Crippen molar-refractivity contribution in [1.82, 2.24) is 4.98 Å². The van der Waals surface area contributed by atoms with Crippen LogP contribution in [0.25, 0.3) is 0 Å². The van der Waals surface area contributed by atoms with Crippen molar-refractivity contribution in [2.75, 3.05) is 5.73 Å². The van der Waals surface area contributed by atoms with Crippen LogP contribution in [-0.4, -0.2) is 9.19 Å². The van der Waals surface area contributed by atoms with E-state index in [1.807, 2.05) is 19.1 Å². The zero-order chi connectivity index (χ0) is 13.1. The first-order valence-electron chi connectivity index (χ1n) is 5.42. The highest BCUT2D eigenvalue weighted by Crippen LogP contribution is 2.24. The second-order valence-electron chi connectivity index (χ2n) is 3.95. The number of pyridine rings is 1. The van der Waals surface area contributed by atoms with E-state index in [0.717, 1.165) is 20.6 Å². The molecule has 1 heterocycles. The third-order valence-corrected chi connectivity index (χ3v) is 4.89. The Bertz CT molecular complexity index is 601. The molecule has 5 heteroatoms. The maximum absolute atomic E-state index is 12.3. The monoisotopic (exact) mass is 324 g/mol. The van der Waals surface area contributed by atoms with E-state index in [1.54, 1.807) is 24.4 Å². The van der Waals surface area contributed by atoms with Gasteiger partial charge in [-0.15, -0.1) is 0 Å². The molecule has 1 atom stereocenters. The predicted octanol–water partition coefficient (Wildman–Crippen LogP) is 3.04. The Morgan fingerprint density at radius 1 is 1.39 bits per heavy atom. The van der Waals surface area contributed by atoms with Gasteiger partial charge in [-0.25, -0.2) is 0 Å². The summed E-state index contributed by atoms with van der Waals surface area (Å²) in [5, 5.41) is 0. The van der Waals surface area contributed by atoms with Crippen LogP contribution in [0.4, 0.5) is 5.69 Å². The normalized spacial score (nSPS) is 12.3. The molecule has 18 heavy (non-hydrogen) atoms. The molecule has 2 aromatic rings. The minimum Gasteiger partial charge on any atom is -0.399 e. The Labute approximate surface area is 117 Å². The number of nitrogens with zero attached hydrogens (tertiary/aromatic N) is 1. The summed E-state index contributed by atoms with van der Waals surface area (Å²) in [6.45, 7) is 1.97. The SMILES string of the molecule is Cc1cccnc1CS(=O)c1ccc(N)cc1Br. The van der Waals surface area contributed by atoms with E-state index in [0.29, 0.717) is 11.4 Å². The Morgan fingerprint density at radius 3 is 2.83 bits per heavy atom. The summed E-state index contributed by atoms with van der Waals surface area (Å²) in [6, 6.07) is 9.15. The molecule has 2 N–H and O–H groups in total. The van der Waals surface area contributed by atoms with E-state index in [9.17, 15) is 4.21 Å². The van der Waals surface area contributed by atoms with Crippen molar-refractivity contribution in [3.05, 3.63) is 52.3 Å². The second kappa shape index (κ2) is 5.63. The Morgan fingerprint density at radius 2 is 2.17 bits per heavy atom. The maximum Gasteiger partial charge on any atom is 0.0708 e. The maximum atomic E-state index is 12.3. The van der Waals surface area contributed by atoms with E-state index < -0.39 is 10.8 Å². The number of anilines is 1. The van der Waals surface area contributed by atoms with Gasteiger partial charge in [-0.1, -0.05) is 6.07 Å². The summed E-state index contributed by atoms with van der Waals surface area (Å²) < 4.78 is 13.1. The summed E-state index contributed by atoms with van der Waals surface area (Å²) in [6.07, 6.45) is 1.72. The van der Waals surface area contributed by atoms with Crippen LogP contribution >= 0.6 is 15.9 Å². The first kappa shape index (κ1) is 13.2. The molecule has 0 radical (unpaired) electrons. The molecule has 0 aliphatic rings. The van der Waals surface area contributed by atoms with Crippen LogP contribution in [0.3, 0.4) is 0 Å². The Kier molecular flexibility index (Phi) is 4.14. The smallest absolute Gasteiger partial charge is 0.0708 e.